The van der Waals surface area contributed by atoms with Gasteiger partial charge in [-0.05, 0) is 41.0 Å². The van der Waals surface area contributed by atoms with Gasteiger partial charge in [-0.25, -0.2) is 0 Å². The number of aromatic nitrogens is 1. The van der Waals surface area contributed by atoms with Crippen molar-refractivity contribution in [3.05, 3.63) is 60.1 Å². The number of fused-ring (bicyclic) bond motifs is 1. The van der Waals surface area contributed by atoms with Crippen LogP contribution in [0.2, 0.25) is 0 Å². The van der Waals surface area contributed by atoms with E-state index < -0.39 is 23.9 Å². The number of furan rings is 1. The second kappa shape index (κ2) is 9.51. The lowest BCUT2D eigenvalue weighted by Gasteiger charge is -2.32. The van der Waals surface area contributed by atoms with Crippen LogP contribution in [-0.4, -0.2) is 51.4 Å². The molecule has 1 aliphatic heterocycles. The maximum absolute atomic E-state index is 12.8. The molecule has 3 heterocycles. The molecule has 0 bridgehead atoms. The van der Waals surface area contributed by atoms with Crippen LogP contribution in [0.4, 0.5) is 13.2 Å². The third-order valence-electron chi connectivity index (χ3n) is 5.40. The monoisotopic (exact) mass is 465 g/mol. The fourth-order valence-electron chi connectivity index (χ4n) is 3.73. The Hall–Kier alpha value is -2.56. The molecular formula is C22H22F3N3O3S. The van der Waals surface area contributed by atoms with Crippen LogP contribution in [0.1, 0.15) is 29.0 Å². The topological polar surface area (TPSA) is 81.4 Å². The van der Waals surface area contributed by atoms with Crippen molar-refractivity contribution in [1.82, 2.24) is 15.2 Å². The summed E-state index contributed by atoms with van der Waals surface area (Å²) in [6, 6.07) is 10.5. The van der Waals surface area contributed by atoms with Gasteiger partial charge in [0.25, 0.3) is 5.91 Å². The highest BCUT2D eigenvalue weighted by atomic mass is 32.2. The predicted octanol–water partition coefficient (Wildman–Crippen LogP) is 3.89. The van der Waals surface area contributed by atoms with Crippen molar-refractivity contribution in [3.63, 3.8) is 0 Å². The van der Waals surface area contributed by atoms with Crippen molar-refractivity contribution in [3.8, 4) is 0 Å². The highest BCUT2D eigenvalue weighted by Crippen LogP contribution is 2.27. The van der Waals surface area contributed by atoms with Crippen LogP contribution < -0.4 is 5.32 Å². The van der Waals surface area contributed by atoms with E-state index in [-0.39, 0.29) is 36.6 Å². The summed E-state index contributed by atoms with van der Waals surface area (Å²) >= 11 is -1.28. The molecule has 1 amide bonds. The number of halogens is 3. The lowest BCUT2D eigenvalue weighted by molar-refractivity contribution is -0.147. The molecule has 1 N–H and O–H groups in total. The Morgan fingerprint density at radius 3 is 2.59 bits per heavy atom. The van der Waals surface area contributed by atoms with Crippen LogP contribution in [0.15, 0.2) is 58.1 Å². The van der Waals surface area contributed by atoms with E-state index in [4.69, 9.17) is 4.42 Å². The number of piperidine rings is 1. The summed E-state index contributed by atoms with van der Waals surface area (Å²) in [5.41, 5.74) is 1.37. The zero-order chi connectivity index (χ0) is 22.7. The second-order valence-electron chi connectivity index (χ2n) is 7.74. The molecule has 0 saturated carbocycles. The number of nitrogens with one attached hydrogen (secondary N) is 1. The van der Waals surface area contributed by atoms with Crippen molar-refractivity contribution < 1.29 is 26.9 Å². The number of amides is 1. The van der Waals surface area contributed by atoms with Gasteiger partial charge in [0, 0.05) is 44.1 Å². The van der Waals surface area contributed by atoms with Gasteiger partial charge < -0.3 is 14.3 Å². The fraction of sp³-hybridized carbons (Fsp3) is 0.364. The van der Waals surface area contributed by atoms with Gasteiger partial charge in [-0.2, -0.15) is 13.2 Å². The van der Waals surface area contributed by atoms with E-state index in [1.54, 1.807) is 48.8 Å². The summed E-state index contributed by atoms with van der Waals surface area (Å²) in [6.07, 6.45) is -0.109. The molecule has 1 fully saturated rings. The SMILES string of the molecule is O=C(NCc1ccc([S+]([O-])C2CCN(CC(F)(F)F)CC2)cc1)c1cc2ccncc2o1. The molecule has 1 saturated heterocycles. The van der Waals surface area contributed by atoms with Gasteiger partial charge in [0.1, 0.15) is 5.25 Å². The zero-order valence-corrected chi connectivity index (χ0v) is 17.9. The Balaban J connectivity index is 1.28. The van der Waals surface area contributed by atoms with Gasteiger partial charge >= 0.3 is 6.18 Å². The molecule has 1 aromatic carbocycles. The summed E-state index contributed by atoms with van der Waals surface area (Å²) in [5, 5.41) is 3.42. The Morgan fingerprint density at radius 2 is 1.94 bits per heavy atom. The summed E-state index contributed by atoms with van der Waals surface area (Å²) in [4.78, 5) is 18.3. The Bertz CT molecular complexity index is 1030. The van der Waals surface area contributed by atoms with Crippen LogP contribution in [-0.2, 0) is 17.7 Å². The molecule has 4 rings (SSSR count). The van der Waals surface area contributed by atoms with E-state index in [2.05, 4.69) is 10.3 Å². The van der Waals surface area contributed by atoms with Gasteiger partial charge in [-0.3, -0.25) is 14.7 Å². The Kier molecular flexibility index (Phi) is 6.73. The van der Waals surface area contributed by atoms with Crippen molar-refractivity contribution in [2.24, 2.45) is 0 Å². The van der Waals surface area contributed by atoms with Gasteiger partial charge in [-0.1, -0.05) is 12.1 Å². The molecule has 0 aliphatic carbocycles. The lowest BCUT2D eigenvalue weighted by atomic mass is 10.1. The van der Waals surface area contributed by atoms with Gasteiger partial charge in [0.2, 0.25) is 0 Å². The molecule has 1 atom stereocenters. The van der Waals surface area contributed by atoms with E-state index in [0.29, 0.717) is 23.3 Å². The Morgan fingerprint density at radius 1 is 1.22 bits per heavy atom. The molecule has 3 aromatic rings. The second-order valence-corrected chi connectivity index (χ2v) is 9.47. The molecule has 32 heavy (non-hydrogen) atoms. The number of carbonyl (C=O) groups excluding carboxylic acids is 1. The minimum absolute atomic E-state index is 0.160. The number of alkyl halides is 3. The van der Waals surface area contributed by atoms with Crippen molar-refractivity contribution in [2.45, 2.75) is 35.7 Å². The quantitative estimate of drug-likeness (QED) is 0.559. The van der Waals surface area contributed by atoms with Crippen molar-refractivity contribution in [1.29, 1.82) is 0 Å². The minimum Gasteiger partial charge on any atom is -0.611 e. The van der Waals surface area contributed by atoms with Crippen LogP contribution in [0, 0.1) is 0 Å². The number of pyridine rings is 1. The molecule has 0 spiro atoms. The normalized spacial score (nSPS) is 16.9. The van der Waals surface area contributed by atoms with E-state index in [1.165, 1.54) is 4.90 Å². The minimum atomic E-state index is -4.21. The maximum atomic E-state index is 12.8. The number of likely N-dealkylation sites (tertiary alicyclic amines) is 1. The highest BCUT2D eigenvalue weighted by molar-refractivity contribution is 7.92. The summed E-state index contributed by atoms with van der Waals surface area (Å²) < 4.78 is 55.9. The number of rotatable bonds is 6. The molecule has 10 heteroatoms. The molecule has 170 valence electrons. The van der Waals surface area contributed by atoms with E-state index in [9.17, 15) is 22.5 Å². The van der Waals surface area contributed by atoms with Crippen LogP contribution in [0.25, 0.3) is 11.0 Å². The number of hydrogen-bond donors (Lipinski definition) is 1. The fourth-order valence-corrected chi connectivity index (χ4v) is 5.16. The van der Waals surface area contributed by atoms with Gasteiger partial charge in [0.05, 0.1) is 12.7 Å². The largest absolute Gasteiger partial charge is 0.611 e. The number of carbonyl (C=O) groups is 1. The van der Waals surface area contributed by atoms with Crippen LogP contribution >= 0.6 is 0 Å². The first kappa shape index (κ1) is 22.6. The lowest BCUT2D eigenvalue weighted by Crippen LogP contribution is -2.43. The first-order valence-electron chi connectivity index (χ1n) is 10.2. The molecule has 1 unspecified atom stereocenters. The van der Waals surface area contributed by atoms with Crippen LogP contribution in [0.3, 0.4) is 0 Å². The molecule has 2 aromatic heterocycles. The molecule has 0 radical (unpaired) electrons. The average molecular weight is 465 g/mol. The number of benzene rings is 1. The molecule has 6 nitrogen and oxygen atoms in total. The van der Waals surface area contributed by atoms with Crippen molar-refractivity contribution >= 4 is 28.1 Å². The van der Waals surface area contributed by atoms with Gasteiger partial charge in [-0.15, -0.1) is 0 Å². The van der Waals surface area contributed by atoms with Crippen LogP contribution in [0.5, 0.6) is 0 Å². The van der Waals surface area contributed by atoms with Crippen molar-refractivity contribution in [2.75, 3.05) is 19.6 Å². The number of nitrogens with zero attached hydrogens (tertiary/aromatic N) is 2. The average Bonchev–Trinajstić information content (AvgIpc) is 3.21. The third-order valence-corrected chi connectivity index (χ3v) is 7.21. The third kappa shape index (κ3) is 5.62. The number of hydrogen-bond acceptors (Lipinski definition) is 5. The van der Waals surface area contributed by atoms with E-state index in [1.807, 2.05) is 0 Å². The first-order valence-corrected chi connectivity index (χ1v) is 11.4. The van der Waals surface area contributed by atoms with E-state index in [0.717, 1.165) is 10.9 Å². The highest BCUT2D eigenvalue weighted by Gasteiger charge is 2.35. The zero-order valence-electron chi connectivity index (χ0n) is 17.1. The molecule has 1 aliphatic rings. The summed E-state index contributed by atoms with van der Waals surface area (Å²) in [7, 11) is 0. The first-order chi connectivity index (χ1) is 15.3. The van der Waals surface area contributed by atoms with Gasteiger partial charge in [0.15, 0.2) is 16.2 Å². The summed E-state index contributed by atoms with van der Waals surface area (Å²) in [6.45, 7) is -0.0651. The maximum Gasteiger partial charge on any atom is 0.401 e. The Labute approximate surface area is 186 Å². The predicted molar refractivity (Wildman–Crippen MR) is 114 cm³/mol. The van der Waals surface area contributed by atoms with E-state index >= 15 is 0 Å². The molecular weight excluding hydrogens is 443 g/mol. The summed E-state index contributed by atoms with van der Waals surface area (Å²) in [5.74, 6) is -0.151. The standard InChI is InChI=1S/C22H22F3N3O3S/c23-22(24,25)14-28-9-6-18(7-10-28)32(30)17-3-1-15(2-4-17)12-27-21(29)19-11-16-5-8-26-13-20(16)31-19/h1-5,8,11,13,18H,6-7,9-10,12,14H2,(H,27,29). The smallest absolute Gasteiger partial charge is 0.401 e.